The molecule has 0 spiro atoms. The zero-order valence-corrected chi connectivity index (χ0v) is 18.5. The Labute approximate surface area is 189 Å². The van der Waals surface area contributed by atoms with Crippen molar-refractivity contribution in [3.05, 3.63) is 71.4 Å². The van der Waals surface area contributed by atoms with Gasteiger partial charge in [0, 0.05) is 18.8 Å². The third-order valence-electron chi connectivity index (χ3n) is 5.23. The molecule has 0 radical (unpaired) electrons. The number of H-pyrrole nitrogens is 1. The topological polar surface area (TPSA) is 84.5 Å². The van der Waals surface area contributed by atoms with E-state index >= 15 is 0 Å². The summed E-state index contributed by atoms with van der Waals surface area (Å²) in [6.07, 6.45) is -4.82. The molecular formula is C22H22F3N3O4S. The van der Waals surface area contributed by atoms with Crippen molar-refractivity contribution in [2.75, 3.05) is 37.5 Å². The molecule has 11 heteroatoms. The number of ether oxygens (including phenoxy) is 1. The van der Waals surface area contributed by atoms with E-state index in [4.69, 9.17) is 8.92 Å². The summed E-state index contributed by atoms with van der Waals surface area (Å²) in [5.41, 5.74) is 2.11. The van der Waals surface area contributed by atoms with E-state index in [2.05, 4.69) is 15.1 Å². The van der Waals surface area contributed by atoms with E-state index in [0.29, 0.717) is 18.9 Å². The van der Waals surface area contributed by atoms with Crippen LogP contribution in [-0.2, 0) is 25.2 Å². The van der Waals surface area contributed by atoms with Crippen molar-refractivity contribution in [2.45, 2.75) is 12.3 Å². The normalized spacial score (nSPS) is 16.1. The van der Waals surface area contributed by atoms with Gasteiger partial charge in [-0.05, 0) is 41.5 Å². The fraction of sp³-hybridized carbons (Fsp3) is 0.318. The first-order chi connectivity index (χ1) is 15.6. The van der Waals surface area contributed by atoms with E-state index in [1.807, 2.05) is 24.3 Å². The number of halogens is 3. The van der Waals surface area contributed by atoms with Gasteiger partial charge in [-0.1, -0.05) is 24.3 Å². The smallest absolute Gasteiger partial charge is 0.378 e. The second-order valence-corrected chi connectivity index (χ2v) is 9.25. The first-order valence-electron chi connectivity index (χ1n) is 10.1. The predicted octanol–water partition coefficient (Wildman–Crippen LogP) is 4.00. The molecule has 1 unspecified atom stereocenters. The Kier molecular flexibility index (Phi) is 6.46. The fourth-order valence-electron chi connectivity index (χ4n) is 3.59. The van der Waals surface area contributed by atoms with E-state index in [1.165, 1.54) is 12.1 Å². The summed E-state index contributed by atoms with van der Waals surface area (Å²) in [5.74, 6) is 0. The molecule has 1 N–H and O–H groups in total. The molecule has 1 saturated heterocycles. The minimum Gasteiger partial charge on any atom is -0.378 e. The highest BCUT2D eigenvalue weighted by atomic mass is 32.2. The van der Waals surface area contributed by atoms with E-state index in [-0.39, 0.29) is 11.3 Å². The van der Waals surface area contributed by atoms with Crippen LogP contribution in [0, 0.1) is 0 Å². The molecule has 176 valence electrons. The maximum atomic E-state index is 12.9. The average molecular weight is 481 g/mol. The summed E-state index contributed by atoms with van der Waals surface area (Å²) in [6.45, 7) is 2.98. The zero-order valence-electron chi connectivity index (χ0n) is 17.7. The summed E-state index contributed by atoms with van der Waals surface area (Å²) >= 11 is 0. The van der Waals surface area contributed by atoms with Crippen molar-refractivity contribution in [3.8, 4) is 11.3 Å². The van der Waals surface area contributed by atoms with Crippen LogP contribution < -0.4 is 4.90 Å². The van der Waals surface area contributed by atoms with Crippen LogP contribution in [0.25, 0.3) is 11.3 Å². The van der Waals surface area contributed by atoms with E-state index in [0.717, 1.165) is 42.7 Å². The van der Waals surface area contributed by atoms with Crippen molar-refractivity contribution in [2.24, 2.45) is 0 Å². The van der Waals surface area contributed by atoms with E-state index < -0.39 is 28.0 Å². The number of aromatic amines is 1. The predicted molar refractivity (Wildman–Crippen MR) is 116 cm³/mol. The molecule has 0 bridgehead atoms. The van der Waals surface area contributed by atoms with Crippen LogP contribution in [-0.4, -0.2) is 51.2 Å². The molecule has 1 aliphatic heterocycles. The van der Waals surface area contributed by atoms with Crippen molar-refractivity contribution in [1.29, 1.82) is 0 Å². The van der Waals surface area contributed by atoms with Crippen LogP contribution >= 0.6 is 0 Å². The monoisotopic (exact) mass is 481 g/mol. The maximum absolute atomic E-state index is 12.9. The Morgan fingerprint density at radius 2 is 1.70 bits per heavy atom. The summed E-state index contributed by atoms with van der Waals surface area (Å²) in [5, 5.41) is 7.03. The van der Waals surface area contributed by atoms with Gasteiger partial charge in [0.15, 0.2) is 0 Å². The van der Waals surface area contributed by atoms with Gasteiger partial charge in [-0.3, -0.25) is 9.28 Å². The molecule has 1 fully saturated rings. The Hall–Kier alpha value is -2.89. The third-order valence-corrected chi connectivity index (χ3v) is 5.77. The van der Waals surface area contributed by atoms with Gasteiger partial charge in [-0.25, -0.2) is 0 Å². The summed E-state index contributed by atoms with van der Waals surface area (Å²) in [6, 6.07) is 13.5. The van der Waals surface area contributed by atoms with Crippen LogP contribution in [0.4, 0.5) is 18.9 Å². The number of alkyl halides is 3. The van der Waals surface area contributed by atoms with Crippen LogP contribution in [0.5, 0.6) is 0 Å². The second-order valence-electron chi connectivity index (χ2n) is 7.65. The summed E-state index contributed by atoms with van der Waals surface area (Å²) < 4.78 is 72.9. The van der Waals surface area contributed by atoms with Gasteiger partial charge in [0.25, 0.3) is 10.1 Å². The molecule has 4 rings (SSSR count). The number of hydrogen-bond donors (Lipinski definition) is 1. The lowest BCUT2D eigenvalue weighted by Gasteiger charge is -2.28. The zero-order chi connectivity index (χ0) is 23.6. The lowest BCUT2D eigenvalue weighted by molar-refractivity contribution is -0.137. The number of benzene rings is 2. The number of nitrogens with zero attached hydrogens (tertiary/aromatic N) is 2. The number of rotatable bonds is 6. The van der Waals surface area contributed by atoms with Crippen LogP contribution in [0.1, 0.15) is 22.9 Å². The highest BCUT2D eigenvalue weighted by molar-refractivity contribution is 7.86. The van der Waals surface area contributed by atoms with Crippen molar-refractivity contribution in [3.63, 3.8) is 0 Å². The minimum absolute atomic E-state index is 0.229. The van der Waals surface area contributed by atoms with Crippen molar-refractivity contribution < 1.29 is 30.5 Å². The molecule has 3 aromatic rings. The van der Waals surface area contributed by atoms with Gasteiger partial charge < -0.3 is 9.64 Å². The Morgan fingerprint density at radius 1 is 1.06 bits per heavy atom. The number of hydrogen-bond acceptors (Lipinski definition) is 6. The summed E-state index contributed by atoms with van der Waals surface area (Å²) in [4.78, 5) is 2.21. The Balaban J connectivity index is 1.60. The van der Waals surface area contributed by atoms with Crippen LogP contribution in [0.15, 0.2) is 54.6 Å². The van der Waals surface area contributed by atoms with Gasteiger partial charge in [0.05, 0.1) is 36.4 Å². The SMILES string of the molecule is CS(=O)(=O)OC(c1ccc(C(F)(F)F)cc1)c1cc(-c2ccc(N3CCOCC3)cc2)[nH]n1. The quantitative estimate of drug-likeness (QED) is 0.536. The number of nitrogens with one attached hydrogen (secondary N) is 1. The molecule has 1 aromatic heterocycles. The van der Waals surface area contributed by atoms with Crippen LogP contribution in [0.2, 0.25) is 0 Å². The second kappa shape index (κ2) is 9.16. The molecule has 0 saturated carbocycles. The van der Waals surface area contributed by atoms with Gasteiger partial charge in [0.1, 0.15) is 6.10 Å². The third kappa shape index (κ3) is 5.73. The van der Waals surface area contributed by atoms with Crippen LogP contribution in [0.3, 0.4) is 0 Å². The molecule has 2 aromatic carbocycles. The standard InChI is InChI=1S/C22H22F3N3O4S/c1-33(29,30)32-21(16-2-6-17(7-3-16)22(23,24)25)20-14-19(26-27-20)15-4-8-18(9-5-15)28-10-12-31-13-11-28/h2-9,14,21H,10-13H2,1H3,(H,26,27). The number of aromatic nitrogens is 2. The molecular weight excluding hydrogens is 459 g/mol. The largest absolute Gasteiger partial charge is 0.416 e. The number of morpholine rings is 1. The molecule has 7 nitrogen and oxygen atoms in total. The fourth-order valence-corrected chi connectivity index (χ4v) is 4.15. The summed E-state index contributed by atoms with van der Waals surface area (Å²) in [7, 11) is -3.92. The van der Waals surface area contributed by atoms with E-state index in [9.17, 15) is 21.6 Å². The molecule has 0 amide bonds. The highest BCUT2D eigenvalue weighted by Crippen LogP contribution is 2.33. The van der Waals surface area contributed by atoms with Crippen molar-refractivity contribution in [1.82, 2.24) is 10.2 Å². The van der Waals surface area contributed by atoms with Crippen molar-refractivity contribution >= 4 is 15.8 Å². The van der Waals surface area contributed by atoms with Gasteiger partial charge in [-0.2, -0.15) is 26.7 Å². The highest BCUT2D eigenvalue weighted by Gasteiger charge is 2.31. The lowest BCUT2D eigenvalue weighted by Crippen LogP contribution is -2.36. The van der Waals surface area contributed by atoms with Gasteiger partial charge >= 0.3 is 6.18 Å². The van der Waals surface area contributed by atoms with Gasteiger partial charge in [0.2, 0.25) is 0 Å². The molecule has 33 heavy (non-hydrogen) atoms. The molecule has 2 heterocycles. The Bertz CT molecular complexity index is 1190. The average Bonchev–Trinajstić information content (AvgIpc) is 3.27. The maximum Gasteiger partial charge on any atom is 0.416 e. The van der Waals surface area contributed by atoms with E-state index in [1.54, 1.807) is 6.07 Å². The minimum atomic E-state index is -4.50. The molecule has 0 aliphatic carbocycles. The first-order valence-corrected chi connectivity index (χ1v) is 12.0. The first kappa shape index (κ1) is 23.3. The number of anilines is 1. The molecule has 1 atom stereocenters. The lowest BCUT2D eigenvalue weighted by atomic mass is 10.0. The molecule has 1 aliphatic rings. The Morgan fingerprint density at radius 3 is 2.27 bits per heavy atom. The van der Waals surface area contributed by atoms with Gasteiger partial charge in [-0.15, -0.1) is 0 Å².